The van der Waals surface area contributed by atoms with Gasteiger partial charge in [0.2, 0.25) is 0 Å². The number of pyridine rings is 1. The first-order chi connectivity index (χ1) is 16.6. The number of amidine groups is 1. The number of ether oxygens (including phenoxy) is 1. The molecular weight excluding hydrogens is 515 g/mol. The van der Waals surface area contributed by atoms with Crippen LogP contribution in [0, 0.1) is 11.7 Å². The standard InChI is InChI=1S/C22H18Cl2F4N4O3/c23-15-2-14(3-16(24)19(15)25)21(22(26,27)28)4-18(31-35-21)32-7-12-1-17(29-6-13(12)8-32)20(33)30-5-11-9-34-10-11/h1-3,6,11H,4-5,7-10H2,(H,30,33). The Labute approximate surface area is 207 Å². The molecule has 0 radical (unpaired) electrons. The van der Waals surface area contributed by atoms with Crippen LogP contribution in [-0.2, 0) is 28.3 Å². The molecule has 0 spiro atoms. The number of hydrogen-bond donors (Lipinski definition) is 1. The van der Waals surface area contributed by atoms with Crippen molar-refractivity contribution in [1.82, 2.24) is 15.2 Å². The normalized spacial score (nSPS) is 21.9. The molecule has 1 unspecified atom stereocenters. The molecule has 1 N–H and O–H groups in total. The number of aromatic nitrogens is 1. The van der Waals surface area contributed by atoms with Gasteiger partial charge in [-0.15, -0.1) is 0 Å². The SMILES string of the molecule is O=C(NCC1COC1)c1cc2c(cn1)CN(C1=NOC(c3cc(Cl)c(F)c(Cl)c3)(C(F)(F)F)C1)C2. The minimum absolute atomic E-state index is 0.0473. The van der Waals surface area contributed by atoms with Gasteiger partial charge in [0.1, 0.15) is 11.5 Å². The molecule has 0 bridgehead atoms. The predicted octanol–water partition coefficient (Wildman–Crippen LogP) is 4.41. The Morgan fingerprint density at radius 3 is 2.49 bits per heavy atom. The molecule has 2 aromatic rings. The van der Waals surface area contributed by atoms with Crippen molar-refractivity contribution in [3.63, 3.8) is 0 Å². The second-order valence-electron chi connectivity index (χ2n) is 8.66. The van der Waals surface area contributed by atoms with Crippen LogP contribution in [0.15, 0.2) is 29.6 Å². The number of alkyl halides is 3. The van der Waals surface area contributed by atoms with Crippen LogP contribution in [-0.4, -0.2) is 47.6 Å². The minimum atomic E-state index is -4.90. The Hall–Kier alpha value is -2.63. The molecule has 4 heterocycles. The van der Waals surface area contributed by atoms with Gasteiger partial charge in [0.15, 0.2) is 5.82 Å². The summed E-state index contributed by atoms with van der Waals surface area (Å²) in [5, 5.41) is 5.43. The van der Waals surface area contributed by atoms with Crippen LogP contribution in [0.1, 0.15) is 33.6 Å². The number of fused-ring (bicyclic) bond motifs is 1. The Bertz CT molecular complexity index is 1200. The monoisotopic (exact) mass is 532 g/mol. The van der Waals surface area contributed by atoms with E-state index in [0.29, 0.717) is 19.8 Å². The molecular formula is C22H18Cl2F4N4O3. The lowest BCUT2D eigenvalue weighted by Crippen LogP contribution is -2.44. The van der Waals surface area contributed by atoms with E-state index in [9.17, 15) is 22.4 Å². The molecule has 7 nitrogen and oxygen atoms in total. The molecule has 1 saturated heterocycles. The number of rotatable bonds is 4. The number of amides is 1. The van der Waals surface area contributed by atoms with E-state index in [0.717, 1.165) is 23.3 Å². The molecule has 1 atom stereocenters. The fraction of sp³-hybridized carbons (Fsp3) is 0.409. The summed E-state index contributed by atoms with van der Waals surface area (Å²) in [4.78, 5) is 23.2. The van der Waals surface area contributed by atoms with Crippen LogP contribution in [0.25, 0.3) is 0 Å². The molecule has 0 saturated carbocycles. The Balaban J connectivity index is 1.33. The number of nitrogens with one attached hydrogen (secondary N) is 1. The summed E-state index contributed by atoms with van der Waals surface area (Å²) in [6.07, 6.45) is -4.02. The van der Waals surface area contributed by atoms with Crippen molar-refractivity contribution < 1.29 is 31.9 Å². The lowest BCUT2D eigenvalue weighted by Gasteiger charge is -2.30. The van der Waals surface area contributed by atoms with Gasteiger partial charge >= 0.3 is 6.18 Å². The second kappa shape index (κ2) is 8.79. The van der Waals surface area contributed by atoms with Crippen molar-refractivity contribution in [2.75, 3.05) is 19.8 Å². The van der Waals surface area contributed by atoms with Crippen molar-refractivity contribution in [3.05, 3.63) is 62.6 Å². The predicted molar refractivity (Wildman–Crippen MR) is 117 cm³/mol. The van der Waals surface area contributed by atoms with Crippen molar-refractivity contribution in [2.45, 2.75) is 31.3 Å². The van der Waals surface area contributed by atoms with E-state index in [2.05, 4.69) is 15.5 Å². The highest BCUT2D eigenvalue weighted by Gasteiger charge is 2.63. The summed E-state index contributed by atoms with van der Waals surface area (Å²) in [5.41, 5.74) is -1.59. The highest BCUT2D eigenvalue weighted by atomic mass is 35.5. The highest BCUT2D eigenvalue weighted by molar-refractivity contribution is 6.35. The molecule has 0 aliphatic carbocycles. The van der Waals surface area contributed by atoms with Crippen molar-refractivity contribution in [2.24, 2.45) is 11.1 Å². The van der Waals surface area contributed by atoms with Crippen LogP contribution < -0.4 is 5.32 Å². The average Bonchev–Trinajstić information content (AvgIpc) is 3.40. The van der Waals surface area contributed by atoms with Gasteiger partial charge in [0.25, 0.3) is 11.5 Å². The van der Waals surface area contributed by atoms with Gasteiger partial charge in [0.05, 0.1) is 29.7 Å². The van der Waals surface area contributed by atoms with Crippen molar-refractivity contribution in [1.29, 1.82) is 0 Å². The van der Waals surface area contributed by atoms with Crippen molar-refractivity contribution >= 4 is 34.9 Å². The smallest absolute Gasteiger partial charge is 0.381 e. The third kappa shape index (κ3) is 4.30. The van der Waals surface area contributed by atoms with E-state index < -0.39 is 39.6 Å². The number of carbonyl (C=O) groups is 1. The van der Waals surface area contributed by atoms with Crippen LogP contribution in [0.2, 0.25) is 10.0 Å². The zero-order valence-electron chi connectivity index (χ0n) is 18.0. The lowest BCUT2D eigenvalue weighted by molar-refractivity contribution is -0.275. The van der Waals surface area contributed by atoms with E-state index >= 15 is 0 Å². The maximum absolute atomic E-state index is 14.2. The van der Waals surface area contributed by atoms with Gasteiger partial charge in [-0.3, -0.25) is 9.78 Å². The van der Waals surface area contributed by atoms with Gasteiger partial charge in [-0.1, -0.05) is 28.4 Å². The number of carbonyl (C=O) groups excluding carboxylic acids is 1. The molecule has 35 heavy (non-hydrogen) atoms. The highest BCUT2D eigenvalue weighted by Crippen LogP contribution is 2.50. The van der Waals surface area contributed by atoms with Gasteiger partial charge in [-0.25, -0.2) is 4.39 Å². The van der Waals surface area contributed by atoms with E-state index in [1.807, 2.05) is 0 Å². The maximum atomic E-state index is 14.2. The number of halogens is 6. The maximum Gasteiger partial charge on any atom is 0.435 e. The van der Waals surface area contributed by atoms with Crippen molar-refractivity contribution in [3.8, 4) is 0 Å². The summed E-state index contributed by atoms with van der Waals surface area (Å²) in [6, 6.07) is 3.31. The molecule has 1 amide bonds. The Morgan fingerprint density at radius 1 is 1.17 bits per heavy atom. The van der Waals surface area contributed by atoms with E-state index in [1.165, 1.54) is 6.20 Å². The van der Waals surface area contributed by atoms with Gasteiger partial charge < -0.3 is 19.8 Å². The summed E-state index contributed by atoms with van der Waals surface area (Å²) >= 11 is 11.5. The van der Waals surface area contributed by atoms with Gasteiger partial charge in [-0.2, -0.15) is 13.2 Å². The first kappa shape index (κ1) is 24.1. The fourth-order valence-electron chi connectivity index (χ4n) is 4.17. The quantitative estimate of drug-likeness (QED) is 0.466. The minimum Gasteiger partial charge on any atom is -0.381 e. The third-order valence-corrected chi connectivity index (χ3v) is 6.83. The lowest BCUT2D eigenvalue weighted by atomic mass is 9.89. The topological polar surface area (TPSA) is 76.0 Å². The van der Waals surface area contributed by atoms with E-state index in [4.69, 9.17) is 32.8 Å². The molecule has 3 aliphatic heterocycles. The molecule has 186 valence electrons. The molecule has 1 fully saturated rings. The third-order valence-electron chi connectivity index (χ3n) is 6.28. The largest absolute Gasteiger partial charge is 0.435 e. The first-order valence-electron chi connectivity index (χ1n) is 10.6. The molecule has 1 aromatic heterocycles. The number of benzene rings is 1. The Morgan fingerprint density at radius 2 is 1.86 bits per heavy atom. The average molecular weight is 533 g/mol. The summed E-state index contributed by atoms with van der Waals surface area (Å²) in [5.74, 6) is -1.02. The second-order valence-corrected chi connectivity index (χ2v) is 9.48. The summed E-state index contributed by atoms with van der Waals surface area (Å²) < 4.78 is 61.6. The van der Waals surface area contributed by atoms with Crippen LogP contribution in [0.4, 0.5) is 17.6 Å². The number of oxime groups is 1. The number of nitrogens with zero attached hydrogens (tertiary/aromatic N) is 3. The summed E-state index contributed by atoms with van der Waals surface area (Å²) in [7, 11) is 0. The Kier molecular flexibility index (Phi) is 6.05. The van der Waals surface area contributed by atoms with Gasteiger partial charge in [-0.05, 0) is 29.3 Å². The first-order valence-corrected chi connectivity index (χ1v) is 11.4. The molecule has 1 aromatic carbocycles. The fourth-order valence-corrected chi connectivity index (χ4v) is 4.65. The molecule has 13 heteroatoms. The summed E-state index contributed by atoms with van der Waals surface area (Å²) in [6.45, 7) is 2.15. The van der Waals surface area contributed by atoms with E-state index in [1.54, 1.807) is 11.0 Å². The van der Waals surface area contributed by atoms with Crippen LogP contribution in [0.5, 0.6) is 0 Å². The number of hydrogen-bond acceptors (Lipinski definition) is 6. The zero-order chi connectivity index (χ0) is 25.0. The molecule has 3 aliphatic rings. The van der Waals surface area contributed by atoms with Gasteiger partial charge in [0, 0.05) is 37.3 Å². The zero-order valence-corrected chi connectivity index (χ0v) is 19.5. The van der Waals surface area contributed by atoms with Crippen LogP contribution >= 0.6 is 23.2 Å². The molecule has 5 rings (SSSR count). The van der Waals surface area contributed by atoms with E-state index in [-0.39, 0.29) is 36.4 Å². The van der Waals surface area contributed by atoms with Crippen LogP contribution in [0.3, 0.4) is 0 Å².